The number of hydrogen-bond acceptors (Lipinski definition) is 5. The molecule has 1 amide bonds. The SMILES string of the molecule is CC(C)(C)C(=O)ON1CCC(n2nc3c(NC=O)cccc3c2-c2ccccc2)CC1. The van der Waals surface area contributed by atoms with Crippen LogP contribution < -0.4 is 5.32 Å². The Kier molecular flexibility index (Phi) is 5.78. The Bertz CT molecular complexity index is 1080. The van der Waals surface area contributed by atoms with E-state index in [9.17, 15) is 9.59 Å². The highest BCUT2D eigenvalue weighted by molar-refractivity contribution is 6.01. The number of carbonyl (C=O) groups is 2. The Balaban J connectivity index is 1.66. The fourth-order valence-corrected chi connectivity index (χ4v) is 3.88. The Morgan fingerprint density at radius 2 is 1.81 bits per heavy atom. The summed E-state index contributed by atoms with van der Waals surface area (Å²) in [5, 5.41) is 10.5. The second-order valence-corrected chi connectivity index (χ2v) is 8.91. The molecule has 2 aromatic carbocycles. The summed E-state index contributed by atoms with van der Waals surface area (Å²) >= 11 is 0. The molecule has 0 aliphatic carbocycles. The lowest BCUT2D eigenvalue weighted by Crippen LogP contribution is -2.39. The standard InChI is InChI=1S/C24H28N4O3/c1-24(2,3)23(30)31-27-14-12-18(13-15-27)28-22(17-8-5-4-6-9-17)19-10-7-11-20(25-16-29)21(19)26-28/h4-11,16,18H,12-15H2,1-3H3,(H,25,29). The van der Waals surface area contributed by atoms with Crippen molar-refractivity contribution in [3.05, 3.63) is 48.5 Å². The van der Waals surface area contributed by atoms with Crippen molar-refractivity contribution in [3.8, 4) is 11.3 Å². The van der Waals surface area contributed by atoms with E-state index < -0.39 is 5.41 Å². The zero-order valence-corrected chi connectivity index (χ0v) is 18.2. The number of nitrogens with zero attached hydrogens (tertiary/aromatic N) is 3. The van der Waals surface area contributed by atoms with Gasteiger partial charge in [-0.2, -0.15) is 5.10 Å². The number of aromatic nitrogens is 2. The molecular formula is C24H28N4O3. The lowest BCUT2D eigenvalue weighted by Gasteiger charge is -2.32. The zero-order valence-electron chi connectivity index (χ0n) is 18.2. The largest absolute Gasteiger partial charge is 0.367 e. The third-order valence-electron chi connectivity index (χ3n) is 5.58. The first-order valence-corrected chi connectivity index (χ1v) is 10.6. The predicted molar refractivity (Wildman–Crippen MR) is 120 cm³/mol. The summed E-state index contributed by atoms with van der Waals surface area (Å²) in [5.74, 6) is -0.217. The number of fused-ring (bicyclic) bond motifs is 1. The van der Waals surface area contributed by atoms with Crippen molar-refractivity contribution in [2.75, 3.05) is 18.4 Å². The summed E-state index contributed by atoms with van der Waals surface area (Å²) in [5.41, 5.74) is 3.05. The van der Waals surface area contributed by atoms with E-state index in [-0.39, 0.29) is 12.0 Å². The second kappa shape index (κ2) is 8.51. The molecule has 162 valence electrons. The molecule has 1 aromatic heterocycles. The molecule has 31 heavy (non-hydrogen) atoms. The molecule has 0 bridgehead atoms. The van der Waals surface area contributed by atoms with E-state index >= 15 is 0 Å². The van der Waals surface area contributed by atoms with E-state index in [0.717, 1.165) is 35.0 Å². The van der Waals surface area contributed by atoms with Crippen LogP contribution in [0, 0.1) is 5.41 Å². The molecule has 0 radical (unpaired) electrons. The fourth-order valence-electron chi connectivity index (χ4n) is 3.88. The monoisotopic (exact) mass is 420 g/mol. The first kappa shape index (κ1) is 21.1. The average molecular weight is 421 g/mol. The Labute approximate surface area is 181 Å². The van der Waals surface area contributed by atoms with Crippen LogP contribution in [-0.2, 0) is 14.4 Å². The minimum absolute atomic E-state index is 0.163. The summed E-state index contributed by atoms with van der Waals surface area (Å²) in [6, 6.07) is 16.2. The third kappa shape index (κ3) is 4.32. The Morgan fingerprint density at radius 1 is 1.10 bits per heavy atom. The second-order valence-electron chi connectivity index (χ2n) is 8.91. The normalized spacial score (nSPS) is 15.7. The molecule has 0 spiro atoms. The van der Waals surface area contributed by atoms with Gasteiger partial charge in [0.15, 0.2) is 0 Å². The number of benzene rings is 2. The van der Waals surface area contributed by atoms with Crippen LogP contribution in [0.4, 0.5) is 5.69 Å². The number of nitrogens with one attached hydrogen (secondary N) is 1. The number of amides is 1. The van der Waals surface area contributed by atoms with Gasteiger partial charge in [0.25, 0.3) is 0 Å². The van der Waals surface area contributed by atoms with E-state index in [1.807, 2.05) is 57.2 Å². The van der Waals surface area contributed by atoms with Crippen LogP contribution in [0.1, 0.15) is 39.7 Å². The van der Waals surface area contributed by atoms with Crippen molar-refractivity contribution < 1.29 is 14.4 Å². The van der Waals surface area contributed by atoms with Crippen LogP contribution >= 0.6 is 0 Å². The van der Waals surface area contributed by atoms with Crippen LogP contribution in [-0.4, -0.2) is 40.3 Å². The number of hydrogen-bond donors (Lipinski definition) is 1. The lowest BCUT2D eigenvalue weighted by atomic mass is 9.98. The van der Waals surface area contributed by atoms with Gasteiger partial charge in [-0.25, -0.2) is 4.79 Å². The van der Waals surface area contributed by atoms with Gasteiger partial charge in [0.1, 0.15) is 5.52 Å². The van der Waals surface area contributed by atoms with Gasteiger partial charge in [-0.1, -0.05) is 42.5 Å². The van der Waals surface area contributed by atoms with Crippen molar-refractivity contribution in [3.63, 3.8) is 0 Å². The van der Waals surface area contributed by atoms with Gasteiger partial charge in [0.05, 0.1) is 22.8 Å². The number of hydroxylamine groups is 2. The fraction of sp³-hybridized carbons (Fsp3) is 0.375. The molecule has 7 nitrogen and oxygen atoms in total. The van der Waals surface area contributed by atoms with Gasteiger partial charge in [0, 0.05) is 24.0 Å². The van der Waals surface area contributed by atoms with Crippen LogP contribution in [0.25, 0.3) is 22.2 Å². The minimum Gasteiger partial charge on any atom is -0.367 e. The van der Waals surface area contributed by atoms with Gasteiger partial charge >= 0.3 is 5.97 Å². The average Bonchev–Trinajstić information content (AvgIpc) is 3.15. The van der Waals surface area contributed by atoms with Crippen molar-refractivity contribution in [1.82, 2.24) is 14.8 Å². The molecule has 0 unspecified atom stereocenters. The highest BCUT2D eigenvalue weighted by Crippen LogP contribution is 2.36. The van der Waals surface area contributed by atoms with Gasteiger partial charge in [-0.05, 0) is 39.7 Å². The maximum absolute atomic E-state index is 12.2. The number of anilines is 1. The summed E-state index contributed by atoms with van der Waals surface area (Å²) in [6.45, 7) is 6.87. The van der Waals surface area contributed by atoms with Crippen LogP contribution in [0.5, 0.6) is 0 Å². The smallest absolute Gasteiger partial charge is 0.330 e. The third-order valence-corrected chi connectivity index (χ3v) is 5.58. The van der Waals surface area contributed by atoms with Crippen LogP contribution in [0.3, 0.4) is 0 Å². The summed E-state index contributed by atoms with van der Waals surface area (Å²) in [4.78, 5) is 28.9. The molecule has 3 aromatic rings. The Morgan fingerprint density at radius 3 is 2.45 bits per heavy atom. The minimum atomic E-state index is -0.529. The predicted octanol–water partition coefficient (Wildman–Crippen LogP) is 4.41. The highest BCUT2D eigenvalue weighted by atomic mass is 16.7. The maximum atomic E-state index is 12.2. The molecule has 1 saturated heterocycles. The van der Waals surface area contributed by atoms with Crippen LogP contribution in [0.15, 0.2) is 48.5 Å². The maximum Gasteiger partial charge on any atom is 0.330 e. The molecule has 1 N–H and O–H groups in total. The van der Waals surface area contributed by atoms with Crippen molar-refractivity contribution in [1.29, 1.82) is 0 Å². The summed E-state index contributed by atoms with van der Waals surface area (Å²) in [7, 11) is 0. The molecule has 2 heterocycles. The number of piperidine rings is 1. The molecule has 1 aliphatic rings. The van der Waals surface area contributed by atoms with Crippen molar-refractivity contribution >= 4 is 29.0 Å². The molecule has 1 aliphatic heterocycles. The quantitative estimate of drug-likeness (QED) is 0.619. The van der Waals surface area contributed by atoms with E-state index in [4.69, 9.17) is 9.94 Å². The first-order chi connectivity index (χ1) is 14.9. The van der Waals surface area contributed by atoms with Crippen molar-refractivity contribution in [2.24, 2.45) is 5.41 Å². The van der Waals surface area contributed by atoms with E-state index in [1.165, 1.54) is 0 Å². The van der Waals surface area contributed by atoms with E-state index in [0.29, 0.717) is 25.2 Å². The highest BCUT2D eigenvalue weighted by Gasteiger charge is 2.30. The molecule has 0 saturated carbocycles. The zero-order chi connectivity index (χ0) is 22.0. The number of rotatable bonds is 5. The number of carbonyl (C=O) groups excluding carboxylic acids is 2. The molecule has 4 rings (SSSR count). The van der Waals surface area contributed by atoms with Gasteiger partial charge in [-0.15, -0.1) is 5.06 Å². The molecular weight excluding hydrogens is 392 g/mol. The van der Waals surface area contributed by atoms with E-state index in [1.54, 1.807) is 5.06 Å². The van der Waals surface area contributed by atoms with Crippen molar-refractivity contribution in [2.45, 2.75) is 39.7 Å². The lowest BCUT2D eigenvalue weighted by molar-refractivity contribution is -0.205. The summed E-state index contributed by atoms with van der Waals surface area (Å²) < 4.78 is 2.08. The van der Waals surface area contributed by atoms with E-state index in [2.05, 4.69) is 22.1 Å². The molecule has 1 fully saturated rings. The van der Waals surface area contributed by atoms with Crippen LogP contribution in [0.2, 0.25) is 0 Å². The molecule has 0 atom stereocenters. The Hall–Kier alpha value is -3.19. The summed E-state index contributed by atoms with van der Waals surface area (Å²) in [6.07, 6.45) is 2.29. The first-order valence-electron chi connectivity index (χ1n) is 10.6. The van der Waals surface area contributed by atoms with Gasteiger partial charge < -0.3 is 10.2 Å². The van der Waals surface area contributed by atoms with Gasteiger partial charge in [0.2, 0.25) is 6.41 Å². The topological polar surface area (TPSA) is 76.5 Å². The molecule has 7 heteroatoms. The van der Waals surface area contributed by atoms with Gasteiger partial charge in [-0.3, -0.25) is 9.48 Å².